The first kappa shape index (κ1) is 10.9. The highest BCUT2D eigenvalue weighted by Crippen LogP contribution is 2.19. The van der Waals surface area contributed by atoms with Crippen LogP contribution in [0.2, 0.25) is 0 Å². The average molecular weight is 281 g/mol. The van der Waals surface area contributed by atoms with Crippen LogP contribution in [0, 0.1) is 0 Å². The Morgan fingerprint density at radius 2 is 1.94 bits per heavy atom. The van der Waals surface area contributed by atoms with E-state index in [4.69, 9.17) is 4.74 Å². The van der Waals surface area contributed by atoms with Gasteiger partial charge in [-0.2, -0.15) is 0 Å². The largest absolute Gasteiger partial charge is 0.497 e. The first-order valence-electron chi connectivity index (χ1n) is 4.60. The first-order valence-corrected chi connectivity index (χ1v) is 5.72. The first-order chi connectivity index (χ1) is 7.83. The van der Waals surface area contributed by atoms with Gasteiger partial charge in [-0.05, 0) is 12.1 Å². The van der Waals surface area contributed by atoms with Gasteiger partial charge in [0.05, 0.1) is 12.4 Å². The van der Waals surface area contributed by atoms with Gasteiger partial charge in [0.25, 0.3) is 0 Å². The smallest absolute Gasteiger partial charge is 0.203 e. The molecule has 0 aliphatic rings. The van der Waals surface area contributed by atoms with Crippen LogP contribution in [0.1, 0.15) is 5.82 Å². The average Bonchev–Trinajstić information content (AvgIpc) is 2.39. The number of hydrogen-bond donors (Lipinski definition) is 0. The topological polar surface area (TPSA) is 60.8 Å². The summed E-state index contributed by atoms with van der Waals surface area (Å²) in [6, 6.07) is 7.45. The van der Waals surface area contributed by atoms with Crippen molar-refractivity contribution in [2.45, 2.75) is 5.33 Å². The second kappa shape index (κ2) is 4.98. The summed E-state index contributed by atoms with van der Waals surface area (Å²) in [6.07, 6.45) is 0. The van der Waals surface area contributed by atoms with Crippen molar-refractivity contribution in [2.75, 3.05) is 7.11 Å². The van der Waals surface area contributed by atoms with Gasteiger partial charge in [0.15, 0.2) is 5.82 Å². The maximum atomic E-state index is 5.12. The highest BCUT2D eigenvalue weighted by Gasteiger charge is 2.04. The molecule has 0 saturated carbocycles. The summed E-state index contributed by atoms with van der Waals surface area (Å²) in [5, 5.41) is 16.4. The van der Waals surface area contributed by atoms with Gasteiger partial charge in [0.1, 0.15) is 5.75 Å². The maximum absolute atomic E-state index is 5.12. The van der Waals surface area contributed by atoms with Crippen LogP contribution in [0.3, 0.4) is 0 Å². The fourth-order valence-corrected chi connectivity index (χ4v) is 1.41. The Hall–Kier alpha value is -1.56. The number of hydrogen-bond acceptors (Lipinski definition) is 5. The molecule has 82 valence electrons. The van der Waals surface area contributed by atoms with E-state index in [0.29, 0.717) is 17.0 Å². The number of ether oxygens (including phenoxy) is 1. The molecule has 1 heterocycles. The SMILES string of the molecule is COc1cccc(-c2nnc(CBr)nn2)c1. The molecule has 0 aliphatic heterocycles. The number of alkyl halides is 1. The lowest BCUT2D eigenvalue weighted by molar-refractivity contribution is 0.415. The highest BCUT2D eigenvalue weighted by molar-refractivity contribution is 9.08. The molecule has 0 saturated heterocycles. The number of rotatable bonds is 3. The van der Waals surface area contributed by atoms with E-state index in [1.165, 1.54) is 0 Å². The second-order valence-electron chi connectivity index (χ2n) is 3.01. The monoisotopic (exact) mass is 280 g/mol. The summed E-state index contributed by atoms with van der Waals surface area (Å²) in [6.45, 7) is 0. The van der Waals surface area contributed by atoms with Crippen molar-refractivity contribution in [3.8, 4) is 17.1 Å². The molecular formula is C10H9BrN4O. The van der Waals surface area contributed by atoms with E-state index in [0.717, 1.165) is 11.3 Å². The predicted octanol–water partition coefficient (Wildman–Crippen LogP) is 1.84. The Balaban J connectivity index is 2.34. The molecule has 0 radical (unpaired) electrons. The number of methoxy groups -OCH3 is 1. The third-order valence-electron chi connectivity index (χ3n) is 1.97. The van der Waals surface area contributed by atoms with Crippen molar-refractivity contribution in [1.29, 1.82) is 0 Å². The number of aromatic nitrogens is 4. The van der Waals surface area contributed by atoms with Crippen LogP contribution in [-0.2, 0) is 5.33 Å². The third-order valence-corrected chi connectivity index (χ3v) is 2.47. The standard InChI is InChI=1S/C10H9BrN4O/c1-16-8-4-2-3-7(5-8)10-14-12-9(6-11)13-15-10/h2-5H,6H2,1H3. The Morgan fingerprint density at radius 1 is 1.19 bits per heavy atom. The molecule has 16 heavy (non-hydrogen) atoms. The normalized spacial score (nSPS) is 10.1. The minimum Gasteiger partial charge on any atom is -0.497 e. The Labute approximate surface area is 101 Å². The van der Waals surface area contributed by atoms with Crippen LogP contribution in [0.5, 0.6) is 5.75 Å². The van der Waals surface area contributed by atoms with Crippen molar-refractivity contribution in [3.63, 3.8) is 0 Å². The van der Waals surface area contributed by atoms with E-state index in [9.17, 15) is 0 Å². The molecule has 0 aliphatic carbocycles. The lowest BCUT2D eigenvalue weighted by Crippen LogP contribution is -2.00. The molecule has 0 fully saturated rings. The minimum atomic E-state index is 0.489. The van der Waals surface area contributed by atoms with Crippen LogP contribution in [0.4, 0.5) is 0 Å². The molecule has 1 aromatic heterocycles. The van der Waals surface area contributed by atoms with Gasteiger partial charge in [-0.3, -0.25) is 0 Å². The fourth-order valence-electron chi connectivity index (χ4n) is 1.18. The Bertz CT molecular complexity index is 475. The van der Waals surface area contributed by atoms with Crippen molar-refractivity contribution in [3.05, 3.63) is 30.1 Å². The Kier molecular flexibility index (Phi) is 3.40. The molecule has 2 aromatic rings. The molecule has 0 atom stereocenters. The van der Waals surface area contributed by atoms with Crippen LogP contribution >= 0.6 is 15.9 Å². The lowest BCUT2D eigenvalue weighted by Gasteiger charge is -2.02. The zero-order valence-electron chi connectivity index (χ0n) is 8.59. The summed E-state index contributed by atoms with van der Waals surface area (Å²) >= 11 is 3.24. The maximum Gasteiger partial charge on any atom is 0.203 e. The van der Waals surface area contributed by atoms with E-state index in [2.05, 4.69) is 36.3 Å². The van der Waals surface area contributed by atoms with Crippen molar-refractivity contribution in [1.82, 2.24) is 20.4 Å². The molecular weight excluding hydrogens is 272 g/mol. The number of nitrogens with zero attached hydrogens (tertiary/aromatic N) is 4. The van der Waals surface area contributed by atoms with Crippen LogP contribution in [-0.4, -0.2) is 27.5 Å². The molecule has 1 aromatic carbocycles. The molecule has 2 rings (SSSR count). The summed E-state index contributed by atoms with van der Waals surface area (Å²) < 4.78 is 5.12. The molecule has 5 nitrogen and oxygen atoms in total. The molecule has 0 amide bonds. The van der Waals surface area contributed by atoms with Crippen LogP contribution < -0.4 is 4.74 Å². The fraction of sp³-hybridized carbons (Fsp3) is 0.200. The van der Waals surface area contributed by atoms with E-state index >= 15 is 0 Å². The Morgan fingerprint density at radius 3 is 2.56 bits per heavy atom. The van der Waals surface area contributed by atoms with E-state index < -0.39 is 0 Å². The van der Waals surface area contributed by atoms with Crippen LogP contribution in [0.15, 0.2) is 24.3 Å². The summed E-state index contributed by atoms with van der Waals surface area (Å²) in [5.74, 6) is 1.81. The van der Waals surface area contributed by atoms with E-state index in [-0.39, 0.29) is 0 Å². The van der Waals surface area contributed by atoms with Gasteiger partial charge < -0.3 is 4.74 Å². The molecule has 6 heteroatoms. The van der Waals surface area contributed by atoms with Gasteiger partial charge in [0.2, 0.25) is 5.82 Å². The second-order valence-corrected chi connectivity index (χ2v) is 3.57. The summed E-state index contributed by atoms with van der Waals surface area (Å²) in [7, 11) is 1.62. The summed E-state index contributed by atoms with van der Waals surface area (Å²) in [5.41, 5.74) is 0.834. The van der Waals surface area contributed by atoms with Gasteiger partial charge in [-0.1, -0.05) is 28.1 Å². The molecule has 0 bridgehead atoms. The minimum absolute atomic E-state index is 0.489. The van der Waals surface area contributed by atoms with Gasteiger partial charge >= 0.3 is 0 Å². The molecule has 0 unspecified atom stereocenters. The predicted molar refractivity (Wildman–Crippen MR) is 62.2 cm³/mol. The van der Waals surface area contributed by atoms with E-state index in [1.807, 2.05) is 24.3 Å². The lowest BCUT2D eigenvalue weighted by atomic mass is 10.2. The van der Waals surface area contributed by atoms with Crippen molar-refractivity contribution >= 4 is 15.9 Å². The van der Waals surface area contributed by atoms with Crippen molar-refractivity contribution in [2.24, 2.45) is 0 Å². The summed E-state index contributed by atoms with van der Waals surface area (Å²) in [4.78, 5) is 0. The van der Waals surface area contributed by atoms with Crippen LogP contribution in [0.25, 0.3) is 11.4 Å². The van der Waals surface area contributed by atoms with Gasteiger partial charge in [0, 0.05) is 5.56 Å². The number of halogens is 1. The van der Waals surface area contributed by atoms with Gasteiger partial charge in [-0.25, -0.2) is 0 Å². The van der Waals surface area contributed by atoms with E-state index in [1.54, 1.807) is 7.11 Å². The molecule has 0 spiro atoms. The van der Waals surface area contributed by atoms with Gasteiger partial charge in [-0.15, -0.1) is 20.4 Å². The third kappa shape index (κ3) is 2.33. The number of benzene rings is 1. The zero-order chi connectivity index (χ0) is 11.4. The zero-order valence-corrected chi connectivity index (χ0v) is 10.2. The molecule has 0 N–H and O–H groups in total. The quantitative estimate of drug-likeness (QED) is 0.803. The highest BCUT2D eigenvalue weighted by atomic mass is 79.9. The van der Waals surface area contributed by atoms with Crippen molar-refractivity contribution < 1.29 is 4.74 Å².